The third-order valence-electron chi connectivity index (χ3n) is 6.03. The average molecular weight is 357 g/mol. The van der Waals surface area contributed by atoms with Gasteiger partial charge in [-0.25, -0.2) is 8.78 Å². The lowest BCUT2D eigenvalue weighted by molar-refractivity contribution is -0.0703. The normalized spacial score (nSPS) is 36.9. The van der Waals surface area contributed by atoms with Crippen LogP contribution in [0.5, 0.6) is 0 Å². The van der Waals surface area contributed by atoms with Gasteiger partial charge in [0, 0.05) is 18.0 Å². The van der Waals surface area contributed by atoms with Crippen molar-refractivity contribution in [1.29, 1.82) is 5.26 Å². The second kappa shape index (κ2) is 8.31. The average Bonchev–Trinajstić information content (AvgIpc) is 2.85. The maximum Gasteiger partial charge on any atom is 0.251 e. The molecule has 1 saturated carbocycles. The summed E-state index contributed by atoms with van der Waals surface area (Å²) in [6, 6.07) is 2.32. The first-order valence-corrected chi connectivity index (χ1v) is 9.76. The number of nitriles is 1. The quantitative estimate of drug-likeness (QED) is 0.724. The van der Waals surface area contributed by atoms with Crippen molar-refractivity contribution in [3.8, 4) is 6.07 Å². The molecule has 6 unspecified atom stereocenters. The predicted molar refractivity (Wildman–Crippen MR) is 95.3 cm³/mol. The van der Waals surface area contributed by atoms with Crippen molar-refractivity contribution in [2.45, 2.75) is 85.1 Å². The van der Waals surface area contributed by atoms with E-state index in [0.717, 1.165) is 0 Å². The Morgan fingerprint density at radius 3 is 2.12 bits per heavy atom. The van der Waals surface area contributed by atoms with Crippen LogP contribution < -0.4 is 0 Å². The van der Waals surface area contributed by atoms with E-state index in [9.17, 15) is 14.0 Å². The summed E-state index contributed by atoms with van der Waals surface area (Å²) >= 11 is 0. The van der Waals surface area contributed by atoms with Crippen molar-refractivity contribution in [2.75, 3.05) is 6.54 Å². The fraction of sp³-hybridized carbons (Fsp3) is 0.950. The van der Waals surface area contributed by atoms with Crippen LogP contribution in [-0.4, -0.2) is 42.2 Å². The Balaban J connectivity index is 2.49. The van der Waals surface area contributed by atoms with E-state index < -0.39 is 6.43 Å². The Morgan fingerprint density at radius 2 is 1.68 bits per heavy atom. The lowest BCUT2D eigenvalue weighted by atomic mass is 9.75. The van der Waals surface area contributed by atoms with Crippen LogP contribution in [0.3, 0.4) is 0 Å². The summed E-state index contributed by atoms with van der Waals surface area (Å²) in [5.41, 5.74) is 0. The van der Waals surface area contributed by atoms with E-state index >= 15 is 0 Å². The largest absolute Gasteiger partial charge is 0.373 e. The maximum absolute atomic E-state index is 13.5. The minimum atomic E-state index is -2.37. The van der Waals surface area contributed by atoms with Gasteiger partial charge < -0.3 is 4.74 Å². The van der Waals surface area contributed by atoms with Crippen LogP contribution in [0, 0.1) is 40.9 Å². The number of nitrogens with zero attached hydrogens (tertiary/aromatic N) is 2. The topological polar surface area (TPSA) is 36.3 Å². The zero-order chi connectivity index (χ0) is 18.9. The molecule has 2 aliphatic rings. The standard InChI is InChI=1S/C20H34F2N2O/c1-11(2)18-19(12(3)4)24(10-17(21)22)15-7-14(9-23)8-16(15)25-20(18)13(5)6/h11-20H,7-8,10H2,1-6H3. The molecule has 0 bridgehead atoms. The number of alkyl halides is 2. The molecule has 6 atom stereocenters. The van der Waals surface area contributed by atoms with Gasteiger partial charge in [0.1, 0.15) is 0 Å². The van der Waals surface area contributed by atoms with E-state index in [4.69, 9.17) is 4.74 Å². The molecule has 0 N–H and O–H groups in total. The molecule has 2 fully saturated rings. The molecule has 0 spiro atoms. The van der Waals surface area contributed by atoms with Crippen LogP contribution in [0.15, 0.2) is 0 Å². The van der Waals surface area contributed by atoms with Crippen LogP contribution in [-0.2, 0) is 4.74 Å². The van der Waals surface area contributed by atoms with E-state index in [1.54, 1.807) is 0 Å². The number of hydrogen-bond donors (Lipinski definition) is 0. The van der Waals surface area contributed by atoms with Gasteiger partial charge in [0.25, 0.3) is 6.43 Å². The maximum atomic E-state index is 13.5. The Hall–Kier alpha value is -0.730. The highest BCUT2D eigenvalue weighted by Crippen LogP contribution is 2.44. The molecule has 2 rings (SSSR count). The molecule has 0 aromatic heterocycles. The lowest BCUT2D eigenvalue weighted by Crippen LogP contribution is -2.54. The highest BCUT2D eigenvalue weighted by atomic mass is 19.3. The summed E-state index contributed by atoms with van der Waals surface area (Å²) in [6.45, 7) is 12.7. The minimum absolute atomic E-state index is 0.0417. The number of rotatable bonds is 5. The number of fused-ring (bicyclic) bond motifs is 1. The summed E-state index contributed by atoms with van der Waals surface area (Å²) < 4.78 is 33.5. The van der Waals surface area contributed by atoms with Gasteiger partial charge in [-0.3, -0.25) is 4.90 Å². The number of hydrogen-bond acceptors (Lipinski definition) is 3. The molecule has 5 heteroatoms. The van der Waals surface area contributed by atoms with Gasteiger partial charge in [-0.15, -0.1) is 0 Å². The van der Waals surface area contributed by atoms with Gasteiger partial charge in [0.2, 0.25) is 0 Å². The summed E-state index contributed by atoms with van der Waals surface area (Å²) in [6.07, 6.45) is -1.13. The third-order valence-corrected chi connectivity index (χ3v) is 6.03. The Morgan fingerprint density at radius 1 is 1.04 bits per heavy atom. The SMILES string of the molecule is CC(C)C1OC2CC(C#N)CC2N(CC(F)F)C(C(C)C)C1C(C)C. The van der Waals surface area contributed by atoms with E-state index in [1.807, 2.05) is 4.90 Å². The summed E-state index contributed by atoms with van der Waals surface area (Å²) in [7, 11) is 0. The second-order valence-electron chi connectivity index (χ2n) is 8.89. The molecule has 0 aromatic carbocycles. The van der Waals surface area contributed by atoms with Crippen LogP contribution in [0.4, 0.5) is 8.78 Å². The van der Waals surface area contributed by atoms with Gasteiger partial charge in [0.15, 0.2) is 0 Å². The molecule has 0 amide bonds. The van der Waals surface area contributed by atoms with E-state index in [0.29, 0.717) is 24.7 Å². The zero-order valence-corrected chi connectivity index (χ0v) is 16.5. The highest BCUT2D eigenvalue weighted by Gasteiger charge is 2.51. The molecule has 1 aliphatic carbocycles. The zero-order valence-electron chi connectivity index (χ0n) is 16.5. The van der Waals surface area contributed by atoms with E-state index in [2.05, 4.69) is 47.6 Å². The lowest BCUT2D eigenvalue weighted by Gasteiger charge is -2.44. The van der Waals surface area contributed by atoms with Crippen LogP contribution in [0.25, 0.3) is 0 Å². The van der Waals surface area contributed by atoms with E-state index in [-0.39, 0.29) is 48.6 Å². The first kappa shape index (κ1) is 20.6. The smallest absolute Gasteiger partial charge is 0.251 e. The summed E-state index contributed by atoms with van der Waals surface area (Å²) in [5, 5.41) is 9.37. The van der Waals surface area contributed by atoms with Gasteiger partial charge in [-0.2, -0.15) is 5.26 Å². The minimum Gasteiger partial charge on any atom is -0.373 e. The Labute approximate surface area is 151 Å². The van der Waals surface area contributed by atoms with Gasteiger partial charge in [0.05, 0.1) is 30.7 Å². The van der Waals surface area contributed by atoms with Crippen LogP contribution in [0.1, 0.15) is 54.4 Å². The van der Waals surface area contributed by atoms with Gasteiger partial charge in [-0.05, 0) is 30.6 Å². The number of halogens is 2. The fourth-order valence-electron chi connectivity index (χ4n) is 5.13. The predicted octanol–water partition coefficient (Wildman–Crippen LogP) is 4.58. The second-order valence-corrected chi connectivity index (χ2v) is 8.89. The molecule has 0 radical (unpaired) electrons. The molecule has 3 nitrogen and oxygen atoms in total. The van der Waals surface area contributed by atoms with Crippen molar-refractivity contribution >= 4 is 0 Å². The van der Waals surface area contributed by atoms with Gasteiger partial charge in [-0.1, -0.05) is 41.5 Å². The first-order valence-electron chi connectivity index (χ1n) is 9.76. The first-order chi connectivity index (χ1) is 11.7. The number of ether oxygens (including phenoxy) is 1. The van der Waals surface area contributed by atoms with Crippen LogP contribution in [0.2, 0.25) is 0 Å². The van der Waals surface area contributed by atoms with Crippen molar-refractivity contribution < 1.29 is 13.5 Å². The van der Waals surface area contributed by atoms with Crippen molar-refractivity contribution in [2.24, 2.45) is 29.6 Å². The van der Waals surface area contributed by atoms with Crippen molar-refractivity contribution in [3.05, 3.63) is 0 Å². The highest BCUT2D eigenvalue weighted by molar-refractivity contribution is 5.05. The molecule has 144 valence electrons. The molecular weight excluding hydrogens is 322 g/mol. The molecule has 0 aromatic rings. The Bertz CT molecular complexity index is 475. The molecule has 1 saturated heterocycles. The van der Waals surface area contributed by atoms with E-state index in [1.165, 1.54) is 0 Å². The molecular formula is C20H34F2N2O. The fourth-order valence-corrected chi connectivity index (χ4v) is 5.13. The van der Waals surface area contributed by atoms with Crippen molar-refractivity contribution in [3.63, 3.8) is 0 Å². The third kappa shape index (κ3) is 4.34. The van der Waals surface area contributed by atoms with Crippen LogP contribution >= 0.6 is 0 Å². The molecule has 1 aliphatic heterocycles. The molecule has 25 heavy (non-hydrogen) atoms. The molecule has 1 heterocycles. The van der Waals surface area contributed by atoms with Gasteiger partial charge >= 0.3 is 0 Å². The Kier molecular flexibility index (Phi) is 6.84. The summed E-state index contributed by atoms with van der Waals surface area (Å²) in [5.74, 6) is 1.06. The monoisotopic (exact) mass is 356 g/mol. The van der Waals surface area contributed by atoms with Crippen molar-refractivity contribution in [1.82, 2.24) is 4.90 Å². The summed E-state index contributed by atoms with van der Waals surface area (Å²) in [4.78, 5) is 2.02.